The van der Waals surface area contributed by atoms with Crippen LogP contribution in [0.15, 0.2) is 42.6 Å². The summed E-state index contributed by atoms with van der Waals surface area (Å²) < 4.78 is 2.44. The second kappa shape index (κ2) is 4.66. The number of anilines is 1. The molecule has 0 aliphatic carbocycles. The van der Waals surface area contributed by atoms with Crippen LogP contribution in [-0.2, 0) is 0 Å². The molecular formula is C13H21NSi. The third-order valence-electron chi connectivity index (χ3n) is 2.41. The van der Waals surface area contributed by atoms with E-state index in [0.717, 1.165) is 6.42 Å². The highest BCUT2D eigenvalue weighted by molar-refractivity contribution is 6.80. The zero-order chi connectivity index (χ0) is 11.5. The average molecular weight is 219 g/mol. The van der Waals surface area contributed by atoms with E-state index in [1.54, 1.807) is 0 Å². The molecule has 1 rings (SSSR count). The summed E-state index contributed by atoms with van der Waals surface area (Å²) in [6.07, 6.45) is 1.01. The number of benzene rings is 1. The zero-order valence-electron chi connectivity index (χ0n) is 10.2. The van der Waals surface area contributed by atoms with Gasteiger partial charge in [-0.3, -0.25) is 0 Å². The molecule has 82 valence electrons. The van der Waals surface area contributed by atoms with E-state index in [9.17, 15) is 0 Å². The van der Waals surface area contributed by atoms with Crippen LogP contribution in [0.2, 0.25) is 19.6 Å². The first-order chi connectivity index (χ1) is 6.96. The van der Waals surface area contributed by atoms with Gasteiger partial charge in [-0.15, -0.1) is 0 Å². The van der Waals surface area contributed by atoms with Gasteiger partial charge in [0.2, 0.25) is 0 Å². The highest BCUT2D eigenvalue weighted by Gasteiger charge is 2.25. The molecule has 0 N–H and O–H groups in total. The lowest BCUT2D eigenvalue weighted by molar-refractivity contribution is 1.04. The van der Waals surface area contributed by atoms with Crippen molar-refractivity contribution in [1.29, 1.82) is 0 Å². The quantitative estimate of drug-likeness (QED) is 0.684. The summed E-state index contributed by atoms with van der Waals surface area (Å²) in [6.45, 7) is 13.4. The van der Waals surface area contributed by atoms with E-state index in [4.69, 9.17) is 0 Å². The van der Waals surface area contributed by atoms with Gasteiger partial charge in [0, 0.05) is 11.4 Å². The molecule has 0 unspecified atom stereocenters. The van der Waals surface area contributed by atoms with Gasteiger partial charge < -0.3 is 4.57 Å². The van der Waals surface area contributed by atoms with Crippen LogP contribution in [0.3, 0.4) is 0 Å². The van der Waals surface area contributed by atoms with Gasteiger partial charge in [-0.05, 0) is 18.6 Å². The normalized spacial score (nSPS) is 11.2. The molecule has 0 heterocycles. The van der Waals surface area contributed by atoms with Crippen molar-refractivity contribution in [1.82, 2.24) is 0 Å². The number of hydrogen-bond donors (Lipinski definition) is 0. The molecule has 0 radical (unpaired) electrons. The third kappa shape index (κ3) is 2.96. The molecule has 1 aromatic carbocycles. The second-order valence-corrected chi connectivity index (χ2v) is 9.55. The van der Waals surface area contributed by atoms with Crippen LogP contribution >= 0.6 is 0 Å². The van der Waals surface area contributed by atoms with E-state index in [2.05, 4.69) is 68.0 Å². The molecule has 0 fully saturated rings. The molecule has 2 heteroatoms. The molecule has 15 heavy (non-hydrogen) atoms. The monoisotopic (exact) mass is 219 g/mol. The number of hydrogen-bond acceptors (Lipinski definition) is 1. The molecule has 0 aliphatic heterocycles. The Kier molecular flexibility index (Phi) is 3.75. The first-order valence-corrected chi connectivity index (χ1v) is 8.94. The molecule has 0 atom stereocenters. The number of nitrogens with zero attached hydrogens (tertiary/aromatic N) is 1. The fourth-order valence-corrected chi connectivity index (χ4v) is 3.81. The lowest BCUT2D eigenvalue weighted by Crippen LogP contribution is -2.45. The first-order valence-electron chi connectivity index (χ1n) is 5.50. The van der Waals surface area contributed by atoms with Crippen LogP contribution in [-0.4, -0.2) is 8.24 Å². The minimum absolute atomic E-state index is 1.01. The predicted molar refractivity (Wildman–Crippen MR) is 71.7 cm³/mol. The number of allylic oxidation sites excluding steroid dienone is 1. The minimum Gasteiger partial charge on any atom is -0.373 e. The maximum Gasteiger partial charge on any atom is 0.153 e. The predicted octanol–water partition coefficient (Wildman–Crippen LogP) is 4.25. The maximum atomic E-state index is 4.18. The topological polar surface area (TPSA) is 3.24 Å². The molecule has 0 aromatic heterocycles. The van der Waals surface area contributed by atoms with E-state index < -0.39 is 8.24 Å². The van der Waals surface area contributed by atoms with E-state index in [1.807, 2.05) is 0 Å². The molecule has 0 bridgehead atoms. The Morgan fingerprint density at radius 1 is 1.20 bits per heavy atom. The molecular weight excluding hydrogens is 198 g/mol. The Labute approximate surface area is 94.5 Å². The van der Waals surface area contributed by atoms with E-state index >= 15 is 0 Å². The lowest BCUT2D eigenvalue weighted by atomic mass is 10.3. The van der Waals surface area contributed by atoms with Crippen LogP contribution in [0.1, 0.15) is 13.3 Å². The van der Waals surface area contributed by atoms with Crippen LogP contribution in [0.5, 0.6) is 0 Å². The van der Waals surface area contributed by atoms with Crippen LogP contribution in [0, 0.1) is 0 Å². The molecule has 1 aromatic rings. The highest BCUT2D eigenvalue weighted by atomic mass is 28.3. The SMILES string of the molecule is C=C(CC)N(c1ccccc1)[Si](C)(C)C. The summed E-state index contributed by atoms with van der Waals surface area (Å²) in [6, 6.07) is 10.6. The molecule has 0 saturated heterocycles. The molecule has 1 nitrogen and oxygen atoms in total. The van der Waals surface area contributed by atoms with Crippen molar-refractivity contribution in [3.05, 3.63) is 42.6 Å². The summed E-state index contributed by atoms with van der Waals surface area (Å²) in [5, 5.41) is 0. The van der Waals surface area contributed by atoms with Crippen molar-refractivity contribution < 1.29 is 0 Å². The van der Waals surface area contributed by atoms with Crippen molar-refractivity contribution >= 4 is 13.9 Å². The van der Waals surface area contributed by atoms with Crippen molar-refractivity contribution in [2.75, 3.05) is 4.57 Å². The minimum atomic E-state index is -1.38. The van der Waals surface area contributed by atoms with Gasteiger partial charge in [-0.1, -0.05) is 51.3 Å². The van der Waals surface area contributed by atoms with Gasteiger partial charge in [-0.2, -0.15) is 0 Å². The molecule has 0 aliphatic rings. The standard InChI is InChI=1S/C13H21NSi/c1-6-12(2)14(15(3,4)5)13-10-8-7-9-11-13/h7-11H,2,6H2,1,3-5H3. The molecule has 0 amide bonds. The zero-order valence-corrected chi connectivity index (χ0v) is 11.2. The van der Waals surface area contributed by atoms with E-state index in [1.165, 1.54) is 11.4 Å². The van der Waals surface area contributed by atoms with Gasteiger partial charge in [0.1, 0.15) is 0 Å². The summed E-state index contributed by atoms with van der Waals surface area (Å²) in [5.41, 5.74) is 2.50. The fourth-order valence-electron chi connectivity index (χ4n) is 1.78. The van der Waals surface area contributed by atoms with Crippen LogP contribution in [0.25, 0.3) is 0 Å². The van der Waals surface area contributed by atoms with Crippen molar-refractivity contribution in [3.8, 4) is 0 Å². The highest BCUT2D eigenvalue weighted by Crippen LogP contribution is 2.26. The summed E-state index contributed by atoms with van der Waals surface area (Å²) in [7, 11) is -1.38. The van der Waals surface area contributed by atoms with Crippen LogP contribution in [0.4, 0.5) is 5.69 Å². The van der Waals surface area contributed by atoms with E-state index in [-0.39, 0.29) is 0 Å². The third-order valence-corrected chi connectivity index (χ3v) is 4.33. The number of para-hydroxylation sites is 1. The Bertz CT molecular complexity index is 324. The van der Waals surface area contributed by atoms with Gasteiger partial charge >= 0.3 is 0 Å². The van der Waals surface area contributed by atoms with E-state index in [0.29, 0.717) is 0 Å². The molecule has 0 saturated carbocycles. The second-order valence-electron chi connectivity index (χ2n) is 4.76. The number of rotatable bonds is 4. The van der Waals surface area contributed by atoms with Gasteiger partial charge in [0.25, 0.3) is 0 Å². The summed E-state index contributed by atoms with van der Waals surface area (Å²) in [4.78, 5) is 0. The van der Waals surface area contributed by atoms with Gasteiger partial charge in [0.05, 0.1) is 0 Å². The largest absolute Gasteiger partial charge is 0.373 e. The van der Waals surface area contributed by atoms with Gasteiger partial charge in [-0.25, -0.2) is 0 Å². The van der Waals surface area contributed by atoms with Crippen molar-refractivity contribution in [2.45, 2.75) is 33.0 Å². The smallest absolute Gasteiger partial charge is 0.153 e. The Hall–Kier alpha value is -1.02. The maximum absolute atomic E-state index is 4.18. The first kappa shape index (κ1) is 12.0. The van der Waals surface area contributed by atoms with Crippen LogP contribution < -0.4 is 4.57 Å². The Balaban J connectivity index is 3.08. The lowest BCUT2D eigenvalue weighted by Gasteiger charge is -2.37. The Morgan fingerprint density at radius 2 is 1.73 bits per heavy atom. The van der Waals surface area contributed by atoms with Crippen molar-refractivity contribution in [3.63, 3.8) is 0 Å². The Morgan fingerprint density at radius 3 is 2.13 bits per heavy atom. The molecule has 0 spiro atoms. The van der Waals surface area contributed by atoms with Gasteiger partial charge in [0.15, 0.2) is 8.24 Å². The van der Waals surface area contributed by atoms with Crippen molar-refractivity contribution in [2.24, 2.45) is 0 Å². The average Bonchev–Trinajstić information content (AvgIpc) is 2.17. The fraction of sp³-hybridized carbons (Fsp3) is 0.385. The summed E-state index contributed by atoms with van der Waals surface area (Å²) >= 11 is 0. The summed E-state index contributed by atoms with van der Waals surface area (Å²) in [5.74, 6) is 0.